The molecule has 0 radical (unpaired) electrons. The minimum absolute atomic E-state index is 0.683. The Balaban J connectivity index is 1.11. The molecule has 0 amide bonds. The van der Waals surface area contributed by atoms with Crippen molar-refractivity contribution >= 4 is 77.0 Å². The van der Waals surface area contributed by atoms with Crippen LogP contribution in [0.25, 0.3) is 99.3 Å². The van der Waals surface area contributed by atoms with Crippen molar-refractivity contribution in [1.29, 1.82) is 0 Å². The molecule has 12 rings (SSSR count). The zero-order chi connectivity index (χ0) is 34.6. The van der Waals surface area contributed by atoms with Gasteiger partial charge < -0.3 is 4.57 Å². The molecule has 0 saturated carbocycles. The van der Waals surface area contributed by atoms with Gasteiger partial charge in [-0.25, -0.2) is 9.97 Å². The second kappa shape index (κ2) is 10.9. The van der Waals surface area contributed by atoms with E-state index in [1.807, 2.05) is 0 Å². The summed E-state index contributed by atoms with van der Waals surface area (Å²) in [6.45, 7) is 0. The number of para-hydroxylation sites is 2. The largest absolute Gasteiger partial charge is 0.309 e. The summed E-state index contributed by atoms with van der Waals surface area (Å²) in [5.74, 6) is 0.683. The van der Waals surface area contributed by atoms with Crippen molar-refractivity contribution in [2.24, 2.45) is 0 Å². The third-order valence-electron chi connectivity index (χ3n) is 10.9. The molecule has 1 aliphatic heterocycles. The van der Waals surface area contributed by atoms with Crippen molar-refractivity contribution in [1.82, 2.24) is 19.1 Å². The fourth-order valence-electron chi connectivity index (χ4n) is 8.49. The van der Waals surface area contributed by atoms with E-state index in [-0.39, 0.29) is 0 Å². The Bertz CT molecular complexity index is 3320. The highest BCUT2D eigenvalue weighted by atomic mass is 32.2. The van der Waals surface area contributed by atoms with Gasteiger partial charge in [0.2, 0.25) is 5.95 Å². The number of hydrogen-bond acceptors (Lipinski definition) is 3. The molecule has 0 bridgehead atoms. The topological polar surface area (TPSA) is 35.6 Å². The van der Waals surface area contributed by atoms with Crippen molar-refractivity contribution in [2.75, 3.05) is 0 Å². The molecule has 4 heterocycles. The second-order valence-electron chi connectivity index (χ2n) is 13.8. The van der Waals surface area contributed by atoms with Gasteiger partial charge in [0.15, 0.2) is 0 Å². The van der Waals surface area contributed by atoms with Gasteiger partial charge in [0, 0.05) is 48.0 Å². The van der Waals surface area contributed by atoms with Crippen LogP contribution in [0, 0.1) is 0 Å². The standard InChI is InChI=1S/C48H28N4S/c1-2-13-33(14-3-1)51-41-24-22-31(26-37(41)38-25-29-11-4-5-12-30(29)27-43(38)51)32-21-23-35-34-15-6-8-18-40(34)52(42(35)28-32)48-49-39-17-10-20-45-46(39)47(50-48)36-16-7-9-19-44(36)53-45/h1-28H. The molecule has 5 heteroatoms. The summed E-state index contributed by atoms with van der Waals surface area (Å²) in [5.41, 5.74) is 11.2. The lowest BCUT2D eigenvalue weighted by Crippen LogP contribution is -2.05. The van der Waals surface area contributed by atoms with E-state index in [0.717, 1.165) is 44.4 Å². The fourth-order valence-corrected chi connectivity index (χ4v) is 9.60. The molecule has 8 aromatic carbocycles. The van der Waals surface area contributed by atoms with Gasteiger partial charge in [-0.2, -0.15) is 0 Å². The van der Waals surface area contributed by atoms with E-state index in [2.05, 4.69) is 179 Å². The van der Waals surface area contributed by atoms with E-state index in [4.69, 9.17) is 9.97 Å². The summed E-state index contributed by atoms with van der Waals surface area (Å²) in [6.07, 6.45) is 0. The number of fused-ring (bicyclic) bond motifs is 9. The SMILES string of the molecule is c1ccc(-n2c3ccc(-c4ccc5c6ccccc6n(-c6nc7c8c(cccc8n6)Sc6ccccc6-7)c5c4)cc3c3cc4ccccc4cc32)cc1. The fraction of sp³-hybridized carbons (Fsp3) is 0. The summed E-state index contributed by atoms with van der Waals surface area (Å²) in [7, 11) is 0. The molecule has 0 spiro atoms. The van der Waals surface area contributed by atoms with Crippen LogP contribution in [-0.2, 0) is 0 Å². The average Bonchev–Trinajstić information content (AvgIpc) is 3.71. The first kappa shape index (κ1) is 28.9. The van der Waals surface area contributed by atoms with Crippen molar-refractivity contribution in [3.05, 3.63) is 170 Å². The lowest BCUT2D eigenvalue weighted by molar-refractivity contribution is 1.01. The van der Waals surface area contributed by atoms with E-state index in [1.54, 1.807) is 11.8 Å². The van der Waals surface area contributed by atoms with Crippen LogP contribution in [0.1, 0.15) is 0 Å². The van der Waals surface area contributed by atoms with Gasteiger partial charge in [-0.3, -0.25) is 4.57 Å². The zero-order valence-electron chi connectivity index (χ0n) is 28.4. The van der Waals surface area contributed by atoms with Gasteiger partial charge in [-0.05, 0) is 88.6 Å². The number of nitrogens with zero attached hydrogens (tertiary/aromatic N) is 4. The Morgan fingerprint density at radius 2 is 1.09 bits per heavy atom. The highest BCUT2D eigenvalue weighted by molar-refractivity contribution is 7.99. The molecule has 0 saturated heterocycles. The molecule has 246 valence electrons. The molecule has 0 aliphatic carbocycles. The van der Waals surface area contributed by atoms with Gasteiger partial charge in [0.1, 0.15) is 0 Å². The van der Waals surface area contributed by atoms with E-state index in [9.17, 15) is 0 Å². The van der Waals surface area contributed by atoms with Crippen LogP contribution in [-0.4, -0.2) is 19.1 Å². The van der Waals surface area contributed by atoms with Crippen molar-refractivity contribution in [2.45, 2.75) is 9.79 Å². The summed E-state index contributed by atoms with van der Waals surface area (Å²) in [6, 6.07) is 61.4. The van der Waals surface area contributed by atoms with Crippen molar-refractivity contribution < 1.29 is 0 Å². The molecule has 0 fully saturated rings. The summed E-state index contributed by atoms with van der Waals surface area (Å²) >= 11 is 1.80. The first-order valence-electron chi connectivity index (χ1n) is 17.9. The Labute approximate surface area is 308 Å². The van der Waals surface area contributed by atoms with Crippen molar-refractivity contribution in [3.8, 4) is 34.0 Å². The molecule has 3 aromatic heterocycles. The van der Waals surface area contributed by atoms with Gasteiger partial charge in [0.05, 0.1) is 33.3 Å². The monoisotopic (exact) mass is 692 g/mol. The number of benzene rings is 8. The Hall–Kier alpha value is -6.69. The first-order valence-corrected chi connectivity index (χ1v) is 18.7. The maximum Gasteiger partial charge on any atom is 0.235 e. The van der Waals surface area contributed by atoms with Gasteiger partial charge >= 0.3 is 0 Å². The smallest absolute Gasteiger partial charge is 0.235 e. The molecule has 11 aromatic rings. The van der Waals surface area contributed by atoms with Crippen LogP contribution in [0.4, 0.5) is 0 Å². The van der Waals surface area contributed by atoms with Crippen LogP contribution in [0.15, 0.2) is 180 Å². The molecule has 0 unspecified atom stereocenters. The highest BCUT2D eigenvalue weighted by Crippen LogP contribution is 2.47. The molecular weight excluding hydrogens is 665 g/mol. The van der Waals surface area contributed by atoms with Crippen LogP contribution in [0.3, 0.4) is 0 Å². The maximum absolute atomic E-state index is 5.39. The third kappa shape index (κ3) is 4.20. The van der Waals surface area contributed by atoms with Crippen LogP contribution < -0.4 is 0 Å². The first-order chi connectivity index (χ1) is 26.3. The van der Waals surface area contributed by atoms with Gasteiger partial charge in [0.25, 0.3) is 0 Å². The molecular formula is C48H28N4S. The van der Waals surface area contributed by atoms with Gasteiger partial charge in [-0.15, -0.1) is 0 Å². The van der Waals surface area contributed by atoms with Crippen LogP contribution in [0.5, 0.6) is 0 Å². The van der Waals surface area contributed by atoms with Gasteiger partial charge in [-0.1, -0.05) is 115 Å². The van der Waals surface area contributed by atoms with E-state index in [0.29, 0.717) is 5.95 Å². The van der Waals surface area contributed by atoms with Crippen LogP contribution >= 0.6 is 11.8 Å². The number of hydrogen-bond donors (Lipinski definition) is 0. The third-order valence-corrected chi connectivity index (χ3v) is 12.0. The van der Waals surface area contributed by atoms with E-state index < -0.39 is 0 Å². The second-order valence-corrected chi connectivity index (χ2v) is 14.9. The molecule has 0 atom stereocenters. The van der Waals surface area contributed by atoms with E-state index >= 15 is 0 Å². The lowest BCUT2D eigenvalue weighted by Gasteiger charge is -2.20. The Morgan fingerprint density at radius 1 is 0.415 bits per heavy atom. The average molecular weight is 693 g/mol. The van der Waals surface area contributed by atoms with Crippen molar-refractivity contribution in [3.63, 3.8) is 0 Å². The van der Waals surface area contributed by atoms with Crippen LogP contribution in [0.2, 0.25) is 0 Å². The highest BCUT2D eigenvalue weighted by Gasteiger charge is 2.24. The number of aromatic nitrogens is 4. The Morgan fingerprint density at radius 3 is 2.02 bits per heavy atom. The van der Waals surface area contributed by atoms with E-state index in [1.165, 1.54) is 58.7 Å². The summed E-state index contributed by atoms with van der Waals surface area (Å²) in [4.78, 5) is 13.1. The Kier molecular flexibility index (Phi) is 5.96. The molecule has 0 N–H and O–H groups in total. The lowest BCUT2D eigenvalue weighted by atomic mass is 10.0. The minimum Gasteiger partial charge on any atom is -0.309 e. The predicted octanol–water partition coefficient (Wildman–Crippen LogP) is 12.8. The normalized spacial score (nSPS) is 12.5. The quantitative estimate of drug-likeness (QED) is 0.185. The predicted molar refractivity (Wildman–Crippen MR) is 221 cm³/mol. The molecule has 53 heavy (non-hydrogen) atoms. The zero-order valence-corrected chi connectivity index (χ0v) is 29.2. The summed E-state index contributed by atoms with van der Waals surface area (Å²) in [5, 5.41) is 8.45. The number of rotatable bonds is 3. The molecule has 4 nitrogen and oxygen atoms in total. The minimum atomic E-state index is 0.683. The summed E-state index contributed by atoms with van der Waals surface area (Å²) < 4.78 is 4.65. The molecule has 1 aliphatic rings. The maximum atomic E-state index is 5.39.